The number of halogens is 2. The Morgan fingerprint density at radius 2 is 1.82 bits per heavy atom. The van der Waals surface area contributed by atoms with Crippen molar-refractivity contribution in [2.24, 2.45) is 5.41 Å². The molecule has 4 aliphatic carbocycles. The standard InChI is InChI=1S/C30H28Cl2N2O5/c1-37-26-18(3-2-4-20(26)28(35)36)7-8-29-9-12-30(13-10-29,14-11-29)38-17-21-25(34-39-27(21)19-5-6-19)24-22(31)15-33-16-23(24)32/h2-4,15-16,19H,5-6,9-14,17H2,1H3,(H,35,36). The molecule has 3 aromatic rings. The van der Waals surface area contributed by atoms with E-state index in [1.807, 2.05) is 6.07 Å². The molecule has 9 heteroatoms. The lowest BCUT2D eigenvalue weighted by Gasteiger charge is -2.51. The maximum absolute atomic E-state index is 11.6. The molecule has 0 unspecified atom stereocenters. The molecule has 1 aromatic carbocycles. The van der Waals surface area contributed by atoms with Crippen molar-refractivity contribution >= 4 is 29.2 Å². The number of pyridine rings is 1. The molecule has 0 atom stereocenters. The number of aromatic nitrogens is 2. The fourth-order valence-electron chi connectivity index (χ4n) is 5.97. The van der Waals surface area contributed by atoms with Gasteiger partial charge in [-0.1, -0.05) is 46.3 Å². The number of aromatic carboxylic acids is 1. The van der Waals surface area contributed by atoms with Crippen molar-refractivity contribution in [3.05, 3.63) is 63.1 Å². The molecule has 0 radical (unpaired) electrons. The topological polar surface area (TPSA) is 94.7 Å². The smallest absolute Gasteiger partial charge is 0.339 e. The zero-order valence-corrected chi connectivity index (χ0v) is 23.1. The molecule has 4 saturated carbocycles. The first-order chi connectivity index (χ1) is 18.8. The number of para-hydroxylation sites is 1. The van der Waals surface area contributed by atoms with Crippen LogP contribution < -0.4 is 4.74 Å². The molecule has 0 saturated heterocycles. The van der Waals surface area contributed by atoms with Crippen molar-refractivity contribution in [1.82, 2.24) is 10.1 Å². The molecule has 202 valence electrons. The first kappa shape index (κ1) is 26.2. The molecule has 7 nitrogen and oxygen atoms in total. The molecule has 0 aliphatic heterocycles. The predicted molar refractivity (Wildman–Crippen MR) is 146 cm³/mol. The van der Waals surface area contributed by atoms with Gasteiger partial charge < -0.3 is 19.1 Å². The van der Waals surface area contributed by atoms with Crippen LogP contribution in [0.2, 0.25) is 10.0 Å². The Hall–Kier alpha value is -3.05. The number of fused-ring (bicyclic) bond motifs is 3. The Morgan fingerprint density at radius 1 is 1.13 bits per heavy atom. The summed E-state index contributed by atoms with van der Waals surface area (Å²) < 4.78 is 17.9. The Kier molecular flexibility index (Phi) is 6.83. The molecule has 7 rings (SSSR count). The lowest BCUT2D eigenvalue weighted by atomic mass is 9.59. The summed E-state index contributed by atoms with van der Waals surface area (Å²) in [4.78, 5) is 15.6. The van der Waals surface area contributed by atoms with Crippen LogP contribution in [0.5, 0.6) is 5.75 Å². The number of benzene rings is 1. The Labute approximate surface area is 236 Å². The van der Waals surface area contributed by atoms with E-state index in [0.717, 1.165) is 62.7 Å². The number of rotatable bonds is 7. The number of carboxylic acid groups (broad SMARTS) is 1. The highest BCUT2D eigenvalue weighted by atomic mass is 35.5. The summed E-state index contributed by atoms with van der Waals surface area (Å²) in [6.07, 6.45) is 10.8. The molecule has 39 heavy (non-hydrogen) atoms. The summed E-state index contributed by atoms with van der Waals surface area (Å²) in [5, 5.41) is 14.7. The summed E-state index contributed by atoms with van der Waals surface area (Å²) in [5.74, 6) is 7.26. The van der Waals surface area contributed by atoms with Gasteiger partial charge in [0.1, 0.15) is 22.8 Å². The summed E-state index contributed by atoms with van der Waals surface area (Å²) >= 11 is 12.9. The van der Waals surface area contributed by atoms with Gasteiger partial charge in [0.25, 0.3) is 0 Å². The van der Waals surface area contributed by atoms with Crippen LogP contribution >= 0.6 is 23.2 Å². The summed E-state index contributed by atoms with van der Waals surface area (Å²) in [6.45, 7) is 0.386. The minimum atomic E-state index is -1.03. The number of ether oxygens (including phenoxy) is 2. The maximum atomic E-state index is 11.6. The first-order valence-corrected chi connectivity index (χ1v) is 13.9. The van der Waals surface area contributed by atoms with E-state index in [-0.39, 0.29) is 16.6 Å². The lowest BCUT2D eigenvalue weighted by molar-refractivity contribution is -0.131. The second kappa shape index (κ2) is 10.2. The molecule has 4 fully saturated rings. The van der Waals surface area contributed by atoms with Crippen LogP contribution in [0.25, 0.3) is 11.3 Å². The first-order valence-electron chi connectivity index (χ1n) is 13.2. The molecule has 2 bridgehead atoms. The predicted octanol–water partition coefficient (Wildman–Crippen LogP) is 7.29. The van der Waals surface area contributed by atoms with Crippen molar-refractivity contribution in [1.29, 1.82) is 0 Å². The van der Waals surface area contributed by atoms with E-state index < -0.39 is 5.97 Å². The zero-order chi connectivity index (χ0) is 27.2. The van der Waals surface area contributed by atoms with Gasteiger partial charge in [0.15, 0.2) is 0 Å². The summed E-state index contributed by atoms with van der Waals surface area (Å²) in [5.41, 5.74) is 2.59. The van der Waals surface area contributed by atoms with Crippen LogP contribution in [0.3, 0.4) is 0 Å². The van der Waals surface area contributed by atoms with Gasteiger partial charge in [-0.05, 0) is 63.5 Å². The number of carbonyl (C=O) groups is 1. The minimum absolute atomic E-state index is 0.102. The second-order valence-corrected chi connectivity index (χ2v) is 11.6. The van der Waals surface area contributed by atoms with Crippen LogP contribution in [0, 0.1) is 17.3 Å². The lowest BCUT2D eigenvalue weighted by Crippen LogP contribution is -2.47. The third-order valence-electron chi connectivity index (χ3n) is 8.47. The third kappa shape index (κ3) is 4.91. The van der Waals surface area contributed by atoms with E-state index in [4.69, 9.17) is 37.2 Å². The molecule has 0 amide bonds. The number of nitrogens with zero attached hydrogens (tertiary/aromatic N) is 2. The van der Waals surface area contributed by atoms with Gasteiger partial charge in [-0.25, -0.2) is 4.79 Å². The highest BCUT2D eigenvalue weighted by Crippen LogP contribution is 2.54. The van der Waals surface area contributed by atoms with Gasteiger partial charge in [-0.2, -0.15) is 0 Å². The summed E-state index contributed by atoms with van der Waals surface area (Å²) in [7, 11) is 1.48. The van der Waals surface area contributed by atoms with Crippen molar-refractivity contribution in [2.75, 3.05) is 7.11 Å². The van der Waals surface area contributed by atoms with E-state index in [0.29, 0.717) is 45.1 Å². The number of methoxy groups -OCH3 is 1. The molecule has 0 spiro atoms. The Bertz CT molecular complexity index is 1460. The molecule has 4 aliphatic rings. The zero-order valence-electron chi connectivity index (χ0n) is 21.6. The van der Waals surface area contributed by atoms with E-state index in [1.54, 1.807) is 18.5 Å². The highest BCUT2D eigenvalue weighted by Gasteiger charge is 2.49. The fourth-order valence-corrected chi connectivity index (χ4v) is 6.51. The number of hydrogen-bond acceptors (Lipinski definition) is 6. The Balaban J connectivity index is 1.20. The van der Waals surface area contributed by atoms with Gasteiger partial charge in [-0.15, -0.1) is 0 Å². The average molecular weight is 567 g/mol. The van der Waals surface area contributed by atoms with Crippen LogP contribution in [-0.2, 0) is 11.3 Å². The molecule has 2 heterocycles. The average Bonchev–Trinajstić information content (AvgIpc) is 3.71. The molecule has 1 N–H and O–H groups in total. The highest BCUT2D eigenvalue weighted by molar-refractivity contribution is 6.38. The SMILES string of the molecule is COc1c(C#CC23CCC(OCc4c(-c5c(Cl)cncc5Cl)noc4C4CC4)(CC2)CC3)cccc1C(=O)O. The van der Waals surface area contributed by atoms with Crippen LogP contribution in [0.1, 0.15) is 84.5 Å². The van der Waals surface area contributed by atoms with Gasteiger partial charge in [-0.3, -0.25) is 4.98 Å². The normalized spacial score (nSPS) is 23.8. The number of carboxylic acids is 1. The Morgan fingerprint density at radius 3 is 2.44 bits per heavy atom. The minimum Gasteiger partial charge on any atom is -0.495 e. The van der Waals surface area contributed by atoms with Crippen molar-refractivity contribution < 1.29 is 23.9 Å². The van der Waals surface area contributed by atoms with E-state index in [1.165, 1.54) is 13.2 Å². The van der Waals surface area contributed by atoms with E-state index in [2.05, 4.69) is 22.0 Å². The third-order valence-corrected chi connectivity index (χ3v) is 9.04. The van der Waals surface area contributed by atoms with Crippen LogP contribution in [0.4, 0.5) is 0 Å². The van der Waals surface area contributed by atoms with Crippen molar-refractivity contribution in [2.45, 2.75) is 69.5 Å². The van der Waals surface area contributed by atoms with Crippen LogP contribution in [0.15, 0.2) is 35.1 Å². The molecule has 2 aromatic heterocycles. The van der Waals surface area contributed by atoms with E-state index in [9.17, 15) is 9.90 Å². The molecular formula is C30H28Cl2N2O5. The second-order valence-electron chi connectivity index (χ2n) is 10.8. The number of hydrogen-bond donors (Lipinski definition) is 1. The van der Waals surface area contributed by atoms with E-state index >= 15 is 0 Å². The largest absolute Gasteiger partial charge is 0.495 e. The van der Waals surface area contributed by atoms with Gasteiger partial charge >= 0.3 is 5.97 Å². The van der Waals surface area contributed by atoms with Crippen LogP contribution in [-0.4, -0.2) is 33.9 Å². The van der Waals surface area contributed by atoms with Crippen molar-refractivity contribution in [3.8, 4) is 28.8 Å². The molecular weight excluding hydrogens is 539 g/mol. The maximum Gasteiger partial charge on any atom is 0.339 e. The monoisotopic (exact) mass is 566 g/mol. The summed E-state index contributed by atoms with van der Waals surface area (Å²) in [6, 6.07) is 5.04. The fraction of sp³-hybridized carbons (Fsp3) is 0.433. The van der Waals surface area contributed by atoms with Gasteiger partial charge in [0.05, 0.1) is 34.9 Å². The van der Waals surface area contributed by atoms with Gasteiger partial charge in [0.2, 0.25) is 0 Å². The quantitative estimate of drug-likeness (QED) is 0.300. The van der Waals surface area contributed by atoms with Crippen molar-refractivity contribution in [3.63, 3.8) is 0 Å². The van der Waals surface area contributed by atoms with Gasteiger partial charge in [0, 0.05) is 34.9 Å².